The van der Waals surface area contributed by atoms with E-state index in [1.807, 2.05) is 14.1 Å². The number of amides is 1. The number of nitro groups is 1. The second-order valence-corrected chi connectivity index (χ2v) is 8.62. The highest BCUT2D eigenvalue weighted by molar-refractivity contribution is 5.95. The number of nitro benzene ring substituents is 1. The molecule has 1 fully saturated rings. The fraction of sp³-hybridized carbons (Fsp3) is 0.435. The van der Waals surface area contributed by atoms with Gasteiger partial charge in [0, 0.05) is 42.5 Å². The Kier molecular flexibility index (Phi) is 7.25. The Balaban J connectivity index is 1.77. The summed E-state index contributed by atoms with van der Waals surface area (Å²) in [5.41, 5.74) is 3.16. The lowest BCUT2D eigenvalue weighted by Gasteiger charge is -2.33. The third kappa shape index (κ3) is 5.59. The molecule has 0 unspecified atom stereocenters. The Bertz CT molecular complexity index is 921. The van der Waals surface area contributed by atoms with E-state index in [0.717, 1.165) is 31.9 Å². The molecule has 3 N–H and O–H groups in total. The summed E-state index contributed by atoms with van der Waals surface area (Å²) in [5, 5.41) is 14.3. The normalized spacial score (nSPS) is 19.5. The molecule has 0 radical (unpaired) electrons. The standard InChI is InChI=1S/C23H31N5O3/c1-17-5-6-19(15-21(17)28(30)31)23(29)24-16-22(27-13-11-26(4)12-14-27)18-7-9-20(10-8-18)25(2)3/h5-10,15,22H,11-14,16H2,1-4H3,(H,24,29)/p+2/t22-/m1/s1. The van der Waals surface area contributed by atoms with Crippen LogP contribution in [0.2, 0.25) is 0 Å². The third-order valence-electron chi connectivity index (χ3n) is 6.19. The van der Waals surface area contributed by atoms with Crippen LogP contribution >= 0.6 is 0 Å². The number of piperazine rings is 1. The van der Waals surface area contributed by atoms with Gasteiger partial charge in [0.25, 0.3) is 11.6 Å². The smallest absolute Gasteiger partial charge is 0.273 e. The molecule has 166 valence electrons. The van der Waals surface area contributed by atoms with Gasteiger partial charge >= 0.3 is 0 Å². The van der Waals surface area contributed by atoms with Crippen molar-refractivity contribution in [1.82, 2.24) is 5.32 Å². The summed E-state index contributed by atoms with van der Waals surface area (Å²) in [6.45, 7) is 6.43. The van der Waals surface area contributed by atoms with Gasteiger partial charge in [0.1, 0.15) is 32.2 Å². The Morgan fingerprint density at radius 3 is 2.35 bits per heavy atom. The van der Waals surface area contributed by atoms with Gasteiger partial charge in [-0.05, 0) is 25.1 Å². The number of hydrogen-bond donors (Lipinski definition) is 3. The summed E-state index contributed by atoms with van der Waals surface area (Å²) in [6, 6.07) is 13.2. The average molecular weight is 428 g/mol. The molecule has 2 aromatic carbocycles. The first-order chi connectivity index (χ1) is 14.8. The maximum atomic E-state index is 12.8. The van der Waals surface area contributed by atoms with E-state index in [1.165, 1.54) is 21.4 Å². The van der Waals surface area contributed by atoms with Crippen LogP contribution in [0, 0.1) is 17.0 Å². The number of carbonyl (C=O) groups excluding carboxylic acids is 1. The maximum Gasteiger partial charge on any atom is 0.273 e. The van der Waals surface area contributed by atoms with Crippen molar-refractivity contribution in [2.24, 2.45) is 0 Å². The highest BCUT2D eigenvalue weighted by Crippen LogP contribution is 2.20. The number of rotatable bonds is 7. The summed E-state index contributed by atoms with van der Waals surface area (Å²) < 4.78 is 0. The molecule has 3 rings (SSSR count). The van der Waals surface area contributed by atoms with Crippen LogP contribution in [0.5, 0.6) is 0 Å². The molecule has 0 aromatic heterocycles. The number of nitrogens with one attached hydrogen (secondary N) is 3. The van der Waals surface area contributed by atoms with Gasteiger partial charge < -0.3 is 20.0 Å². The predicted octanol–water partition coefficient (Wildman–Crippen LogP) is -0.146. The zero-order valence-electron chi connectivity index (χ0n) is 18.8. The summed E-state index contributed by atoms with van der Waals surface area (Å²) in [6.07, 6.45) is 0. The third-order valence-corrected chi connectivity index (χ3v) is 6.19. The van der Waals surface area contributed by atoms with Gasteiger partial charge in [-0.1, -0.05) is 18.2 Å². The second-order valence-electron chi connectivity index (χ2n) is 8.62. The molecule has 1 heterocycles. The summed E-state index contributed by atoms with van der Waals surface area (Å²) >= 11 is 0. The van der Waals surface area contributed by atoms with Crippen LogP contribution in [0.25, 0.3) is 0 Å². The van der Waals surface area contributed by atoms with Gasteiger partial charge in [0.05, 0.1) is 18.5 Å². The molecule has 1 aliphatic heterocycles. The Morgan fingerprint density at radius 2 is 1.77 bits per heavy atom. The van der Waals surface area contributed by atoms with Gasteiger partial charge in [-0.3, -0.25) is 14.9 Å². The summed E-state index contributed by atoms with van der Waals surface area (Å²) in [5.74, 6) is -0.280. The zero-order chi connectivity index (χ0) is 22.5. The fourth-order valence-electron chi connectivity index (χ4n) is 4.09. The minimum atomic E-state index is -0.446. The zero-order valence-corrected chi connectivity index (χ0v) is 18.8. The number of aryl methyl sites for hydroxylation is 1. The molecule has 0 aliphatic carbocycles. The van der Waals surface area contributed by atoms with E-state index in [0.29, 0.717) is 17.7 Å². The first-order valence-corrected chi connectivity index (χ1v) is 10.7. The van der Waals surface area contributed by atoms with Crippen LogP contribution in [0.3, 0.4) is 0 Å². The van der Waals surface area contributed by atoms with E-state index < -0.39 is 4.92 Å². The minimum Gasteiger partial charge on any atom is -0.378 e. The quantitative estimate of drug-likeness (QED) is 0.424. The number of anilines is 1. The van der Waals surface area contributed by atoms with Crippen molar-refractivity contribution in [1.29, 1.82) is 0 Å². The monoisotopic (exact) mass is 427 g/mol. The first-order valence-electron chi connectivity index (χ1n) is 10.7. The maximum absolute atomic E-state index is 12.8. The highest BCUT2D eigenvalue weighted by atomic mass is 16.6. The molecule has 1 atom stereocenters. The van der Waals surface area contributed by atoms with Crippen LogP contribution in [-0.4, -0.2) is 64.7 Å². The molecule has 1 amide bonds. The lowest BCUT2D eigenvalue weighted by Crippen LogP contribution is -3.27. The number of nitrogens with zero attached hydrogens (tertiary/aromatic N) is 2. The highest BCUT2D eigenvalue weighted by Gasteiger charge is 2.30. The van der Waals surface area contributed by atoms with E-state index >= 15 is 0 Å². The predicted molar refractivity (Wildman–Crippen MR) is 121 cm³/mol. The summed E-state index contributed by atoms with van der Waals surface area (Å²) in [4.78, 5) is 28.6. The largest absolute Gasteiger partial charge is 0.378 e. The molecule has 1 aliphatic rings. The Hall–Kier alpha value is -2.97. The topological polar surface area (TPSA) is 84.4 Å². The van der Waals surface area contributed by atoms with Gasteiger partial charge in [0.2, 0.25) is 0 Å². The van der Waals surface area contributed by atoms with Gasteiger partial charge in [-0.15, -0.1) is 0 Å². The number of likely N-dealkylation sites (N-methyl/N-ethyl adjacent to an activating group) is 1. The van der Waals surface area contributed by atoms with Crippen LogP contribution in [0.1, 0.15) is 27.5 Å². The van der Waals surface area contributed by atoms with Crippen molar-refractivity contribution in [3.05, 3.63) is 69.3 Å². The Morgan fingerprint density at radius 1 is 1.13 bits per heavy atom. The number of quaternary nitrogens is 2. The number of benzene rings is 2. The molecule has 1 saturated heterocycles. The molecule has 2 aromatic rings. The van der Waals surface area contributed by atoms with Crippen LogP contribution in [0.4, 0.5) is 11.4 Å². The Labute approximate surface area is 183 Å². The molecule has 8 heteroatoms. The van der Waals surface area contributed by atoms with Crippen molar-refractivity contribution < 1.29 is 19.5 Å². The van der Waals surface area contributed by atoms with Crippen molar-refractivity contribution >= 4 is 17.3 Å². The summed E-state index contributed by atoms with van der Waals surface area (Å²) in [7, 11) is 6.24. The molecule has 8 nitrogen and oxygen atoms in total. The van der Waals surface area contributed by atoms with E-state index in [-0.39, 0.29) is 17.6 Å². The fourth-order valence-corrected chi connectivity index (χ4v) is 4.09. The molecule has 31 heavy (non-hydrogen) atoms. The SMILES string of the molecule is Cc1ccc(C(=O)NC[C@H](c2ccc(N(C)C)cc2)[NH+]2CC[NH+](C)CC2)cc1[N+](=O)[O-]. The molecule has 0 spiro atoms. The van der Waals surface area contributed by atoms with Crippen molar-refractivity contribution in [2.75, 3.05) is 58.8 Å². The lowest BCUT2D eigenvalue weighted by atomic mass is 10.0. The lowest BCUT2D eigenvalue weighted by molar-refractivity contribution is -1.02. The first kappa shape index (κ1) is 22.7. The number of hydrogen-bond acceptors (Lipinski definition) is 4. The average Bonchev–Trinajstić information content (AvgIpc) is 2.75. The van der Waals surface area contributed by atoms with Gasteiger partial charge in [0.15, 0.2) is 0 Å². The van der Waals surface area contributed by atoms with Crippen LogP contribution in [-0.2, 0) is 0 Å². The minimum absolute atomic E-state index is 0.0313. The van der Waals surface area contributed by atoms with Crippen LogP contribution in [0.15, 0.2) is 42.5 Å². The molecular formula is C23H33N5O3+2. The van der Waals surface area contributed by atoms with Crippen LogP contribution < -0.4 is 20.0 Å². The van der Waals surface area contributed by atoms with Crippen molar-refractivity contribution in [3.8, 4) is 0 Å². The van der Waals surface area contributed by atoms with Gasteiger partial charge in [-0.25, -0.2) is 0 Å². The molecular weight excluding hydrogens is 394 g/mol. The molecule has 0 saturated carbocycles. The van der Waals surface area contributed by atoms with Gasteiger partial charge in [-0.2, -0.15) is 0 Å². The second kappa shape index (κ2) is 9.89. The van der Waals surface area contributed by atoms with Crippen molar-refractivity contribution in [3.63, 3.8) is 0 Å². The van der Waals surface area contributed by atoms with E-state index in [1.54, 1.807) is 19.1 Å². The number of carbonyl (C=O) groups is 1. The van der Waals surface area contributed by atoms with Crippen molar-refractivity contribution in [2.45, 2.75) is 13.0 Å². The molecule has 0 bridgehead atoms. The van der Waals surface area contributed by atoms with E-state index in [9.17, 15) is 14.9 Å². The van der Waals surface area contributed by atoms with E-state index in [2.05, 4.69) is 41.5 Å². The van der Waals surface area contributed by atoms with E-state index in [4.69, 9.17) is 0 Å².